The van der Waals surface area contributed by atoms with Crippen LogP contribution in [0, 0.1) is 0 Å². The molecular weight excluding hydrogens is 340 g/mol. The highest BCUT2D eigenvalue weighted by molar-refractivity contribution is 5.67. The molecule has 0 aromatic rings. The Morgan fingerprint density at radius 1 is 0.960 bits per heavy atom. The molecule has 1 heterocycles. The third-order valence-corrected chi connectivity index (χ3v) is 3.53. The number of rotatable bonds is 7. The van der Waals surface area contributed by atoms with Crippen molar-refractivity contribution in [2.75, 3.05) is 20.8 Å². The van der Waals surface area contributed by atoms with Crippen LogP contribution in [0.3, 0.4) is 0 Å². The normalized spacial score (nSPS) is 30.2. The lowest BCUT2D eigenvalue weighted by atomic mass is 9.94. The third kappa shape index (κ3) is 5.92. The highest BCUT2D eigenvalue weighted by atomic mass is 16.7. The number of esters is 3. The van der Waals surface area contributed by atoms with E-state index in [1.165, 1.54) is 28.1 Å². The Morgan fingerprint density at radius 3 is 2.00 bits per heavy atom. The predicted molar refractivity (Wildman–Crippen MR) is 80.2 cm³/mol. The van der Waals surface area contributed by atoms with E-state index in [1.54, 1.807) is 0 Å². The quantitative estimate of drug-likeness (QED) is 0.451. The van der Waals surface area contributed by atoms with Crippen molar-refractivity contribution in [1.82, 2.24) is 0 Å². The van der Waals surface area contributed by atoms with Gasteiger partial charge in [-0.25, -0.2) is 0 Å². The molecule has 1 aliphatic rings. The number of hydrogen-bond acceptors (Lipinski definition) is 10. The van der Waals surface area contributed by atoms with Gasteiger partial charge in [0, 0.05) is 35.0 Å². The maximum absolute atomic E-state index is 11.5. The van der Waals surface area contributed by atoms with Crippen molar-refractivity contribution in [3.63, 3.8) is 0 Å². The van der Waals surface area contributed by atoms with Gasteiger partial charge in [-0.15, -0.1) is 0 Å². The summed E-state index contributed by atoms with van der Waals surface area (Å²) in [7, 11) is 2.67. The highest BCUT2D eigenvalue weighted by Gasteiger charge is 2.51. The second-order valence-corrected chi connectivity index (χ2v) is 5.42. The second-order valence-electron chi connectivity index (χ2n) is 5.42. The number of aliphatic hydroxyl groups is 1. The fraction of sp³-hybridized carbons (Fsp3) is 0.800. The summed E-state index contributed by atoms with van der Waals surface area (Å²) in [5.41, 5.74) is 0. The number of carbonyl (C=O) groups excluding carboxylic acids is 3. The largest absolute Gasteiger partial charge is 0.462 e. The first kappa shape index (κ1) is 21.3. The van der Waals surface area contributed by atoms with Gasteiger partial charge in [0.25, 0.3) is 0 Å². The summed E-state index contributed by atoms with van der Waals surface area (Å²) in [5.74, 6) is -1.91. The van der Waals surface area contributed by atoms with E-state index in [4.69, 9.17) is 28.4 Å². The molecule has 10 nitrogen and oxygen atoms in total. The lowest BCUT2D eigenvalue weighted by Gasteiger charge is -2.44. The molecule has 6 atom stereocenters. The second kappa shape index (κ2) is 9.66. The molecule has 1 N–H and O–H groups in total. The molecule has 0 radical (unpaired) electrons. The van der Waals surface area contributed by atoms with Crippen LogP contribution in [-0.2, 0) is 42.8 Å². The summed E-state index contributed by atoms with van der Waals surface area (Å²) in [6, 6.07) is 0. The average molecular weight is 364 g/mol. The van der Waals surface area contributed by atoms with Crippen molar-refractivity contribution in [3.8, 4) is 0 Å². The standard InChI is InChI=1S/C15H24O10/c1-7(16)22-6-10(23-8(2)17)11-13(24-9(3)18)12(20-4)14(21-5)15(19)25-11/h10-15,19H,6H2,1-5H3. The van der Waals surface area contributed by atoms with Gasteiger partial charge in [0.1, 0.15) is 24.9 Å². The van der Waals surface area contributed by atoms with Gasteiger partial charge in [-0.2, -0.15) is 0 Å². The van der Waals surface area contributed by atoms with Crippen LogP contribution in [0.15, 0.2) is 0 Å². The van der Waals surface area contributed by atoms with Gasteiger partial charge in [0.15, 0.2) is 18.5 Å². The van der Waals surface area contributed by atoms with Gasteiger partial charge in [-0.1, -0.05) is 0 Å². The van der Waals surface area contributed by atoms with Crippen LogP contribution in [-0.4, -0.2) is 80.7 Å². The van der Waals surface area contributed by atoms with Crippen molar-refractivity contribution in [1.29, 1.82) is 0 Å². The molecule has 10 heteroatoms. The van der Waals surface area contributed by atoms with Gasteiger partial charge in [0.05, 0.1) is 0 Å². The topological polar surface area (TPSA) is 127 Å². The molecule has 6 unspecified atom stereocenters. The van der Waals surface area contributed by atoms with E-state index in [2.05, 4.69) is 0 Å². The molecule has 25 heavy (non-hydrogen) atoms. The highest BCUT2D eigenvalue weighted by Crippen LogP contribution is 2.29. The molecule has 1 fully saturated rings. The van der Waals surface area contributed by atoms with Crippen LogP contribution in [0.5, 0.6) is 0 Å². The predicted octanol–water partition coefficient (Wildman–Crippen LogP) is -0.840. The van der Waals surface area contributed by atoms with Crippen LogP contribution >= 0.6 is 0 Å². The van der Waals surface area contributed by atoms with Crippen LogP contribution in [0.4, 0.5) is 0 Å². The molecule has 1 saturated heterocycles. The first-order chi connectivity index (χ1) is 11.7. The molecule has 0 amide bonds. The van der Waals surface area contributed by atoms with Gasteiger partial charge >= 0.3 is 17.9 Å². The van der Waals surface area contributed by atoms with Crippen molar-refractivity contribution in [2.24, 2.45) is 0 Å². The van der Waals surface area contributed by atoms with Gasteiger partial charge in [-0.3, -0.25) is 14.4 Å². The summed E-state index contributed by atoms with van der Waals surface area (Å²) in [4.78, 5) is 33.9. The number of ether oxygens (including phenoxy) is 6. The first-order valence-corrected chi connectivity index (χ1v) is 7.58. The lowest BCUT2D eigenvalue weighted by molar-refractivity contribution is -0.309. The van der Waals surface area contributed by atoms with Crippen molar-refractivity contribution < 1.29 is 47.9 Å². The van der Waals surface area contributed by atoms with E-state index in [-0.39, 0.29) is 6.61 Å². The minimum Gasteiger partial charge on any atom is -0.462 e. The fourth-order valence-corrected chi connectivity index (χ4v) is 2.60. The maximum atomic E-state index is 11.5. The van der Waals surface area contributed by atoms with E-state index in [9.17, 15) is 19.5 Å². The molecule has 0 aromatic heterocycles. The van der Waals surface area contributed by atoms with Crippen molar-refractivity contribution in [3.05, 3.63) is 0 Å². The van der Waals surface area contributed by atoms with Gasteiger partial charge in [-0.05, 0) is 0 Å². The monoisotopic (exact) mass is 364 g/mol. The fourth-order valence-electron chi connectivity index (χ4n) is 2.60. The summed E-state index contributed by atoms with van der Waals surface area (Å²) in [6.07, 6.45) is -6.64. The summed E-state index contributed by atoms with van der Waals surface area (Å²) >= 11 is 0. The van der Waals surface area contributed by atoms with Crippen LogP contribution in [0.25, 0.3) is 0 Å². The maximum Gasteiger partial charge on any atom is 0.303 e. The molecule has 144 valence electrons. The Balaban J connectivity index is 3.14. The number of aliphatic hydroxyl groups excluding tert-OH is 1. The van der Waals surface area contributed by atoms with Crippen LogP contribution in [0.1, 0.15) is 20.8 Å². The summed E-state index contributed by atoms with van der Waals surface area (Å²) in [6.45, 7) is 3.18. The van der Waals surface area contributed by atoms with Gasteiger partial charge in [0.2, 0.25) is 0 Å². The first-order valence-electron chi connectivity index (χ1n) is 7.58. The molecular formula is C15H24O10. The van der Waals surface area contributed by atoms with E-state index in [1.807, 2.05) is 0 Å². The van der Waals surface area contributed by atoms with Crippen molar-refractivity contribution in [2.45, 2.75) is 57.6 Å². The zero-order chi connectivity index (χ0) is 19.1. The van der Waals surface area contributed by atoms with Crippen LogP contribution in [0.2, 0.25) is 0 Å². The Bertz CT molecular complexity index is 479. The molecule has 0 aliphatic carbocycles. The van der Waals surface area contributed by atoms with Crippen molar-refractivity contribution >= 4 is 17.9 Å². The Morgan fingerprint density at radius 2 is 1.56 bits per heavy atom. The van der Waals surface area contributed by atoms with Gasteiger partial charge < -0.3 is 33.5 Å². The third-order valence-electron chi connectivity index (χ3n) is 3.53. The number of hydrogen-bond donors (Lipinski definition) is 1. The Labute approximate surface area is 145 Å². The molecule has 1 rings (SSSR count). The number of methoxy groups -OCH3 is 2. The van der Waals surface area contributed by atoms with E-state index in [0.29, 0.717) is 0 Å². The van der Waals surface area contributed by atoms with E-state index in [0.717, 1.165) is 6.92 Å². The zero-order valence-electron chi connectivity index (χ0n) is 14.8. The zero-order valence-corrected chi connectivity index (χ0v) is 14.8. The average Bonchev–Trinajstić information content (AvgIpc) is 2.51. The molecule has 0 spiro atoms. The Kier molecular flexibility index (Phi) is 8.23. The minimum absolute atomic E-state index is 0.349. The summed E-state index contributed by atoms with van der Waals surface area (Å²) < 4.78 is 31.1. The van der Waals surface area contributed by atoms with E-state index < -0.39 is 54.7 Å². The lowest BCUT2D eigenvalue weighted by Crippen LogP contribution is -2.63. The molecule has 0 saturated carbocycles. The molecule has 0 bridgehead atoms. The van der Waals surface area contributed by atoms with E-state index >= 15 is 0 Å². The van der Waals surface area contributed by atoms with Crippen LogP contribution < -0.4 is 0 Å². The Hall–Kier alpha value is -1.75. The molecule has 0 aromatic carbocycles. The molecule has 1 aliphatic heterocycles. The minimum atomic E-state index is -1.44. The smallest absolute Gasteiger partial charge is 0.303 e. The SMILES string of the molecule is COC1C(O)OC(C(COC(C)=O)OC(C)=O)C(OC(C)=O)C1OC. The number of carbonyl (C=O) groups is 3. The summed E-state index contributed by atoms with van der Waals surface area (Å²) in [5, 5.41) is 10.1.